The van der Waals surface area contributed by atoms with Gasteiger partial charge in [-0.1, -0.05) is 11.6 Å². The van der Waals surface area contributed by atoms with Crippen LogP contribution < -0.4 is 5.32 Å². The van der Waals surface area contributed by atoms with Gasteiger partial charge in [-0.2, -0.15) is 0 Å². The van der Waals surface area contributed by atoms with E-state index in [1.54, 1.807) is 6.07 Å². The van der Waals surface area contributed by atoms with Gasteiger partial charge in [0.1, 0.15) is 5.82 Å². The van der Waals surface area contributed by atoms with Gasteiger partial charge in [0, 0.05) is 11.6 Å². The molecule has 3 rings (SSSR count). The van der Waals surface area contributed by atoms with Gasteiger partial charge < -0.3 is 9.73 Å². The van der Waals surface area contributed by atoms with Gasteiger partial charge in [-0.3, -0.25) is 0 Å². The van der Waals surface area contributed by atoms with Crippen molar-refractivity contribution >= 4 is 11.6 Å². The molecule has 0 amide bonds. The van der Waals surface area contributed by atoms with Crippen molar-refractivity contribution in [2.75, 3.05) is 0 Å². The summed E-state index contributed by atoms with van der Waals surface area (Å²) in [7, 11) is 0. The van der Waals surface area contributed by atoms with E-state index in [0.29, 0.717) is 29.9 Å². The van der Waals surface area contributed by atoms with E-state index in [2.05, 4.69) is 15.5 Å². The summed E-state index contributed by atoms with van der Waals surface area (Å²) in [5.74, 6) is 0.414. The molecule has 1 N–H and O–H groups in total. The summed E-state index contributed by atoms with van der Waals surface area (Å²) in [5.41, 5.74) is 0.617. The molecule has 2 aromatic rings. The summed E-state index contributed by atoms with van der Waals surface area (Å²) in [5, 5.41) is 11.2. The Morgan fingerprint density at radius 2 is 2.22 bits per heavy atom. The monoisotopic (exact) mass is 267 g/mol. The van der Waals surface area contributed by atoms with Crippen LogP contribution in [-0.4, -0.2) is 16.2 Å². The Morgan fingerprint density at radius 1 is 1.39 bits per heavy atom. The third-order valence-corrected chi connectivity index (χ3v) is 3.04. The molecule has 0 bridgehead atoms. The van der Waals surface area contributed by atoms with Gasteiger partial charge >= 0.3 is 0 Å². The SMILES string of the molecule is Fc1ccc(-c2nnc(CNC3CC3)o2)cc1Cl. The van der Waals surface area contributed by atoms with Crippen LogP contribution in [0.15, 0.2) is 22.6 Å². The molecule has 0 spiro atoms. The molecule has 0 unspecified atom stereocenters. The smallest absolute Gasteiger partial charge is 0.247 e. The number of hydrogen-bond donors (Lipinski definition) is 1. The lowest BCUT2D eigenvalue weighted by molar-refractivity contribution is 0.476. The zero-order valence-electron chi connectivity index (χ0n) is 9.49. The number of hydrogen-bond acceptors (Lipinski definition) is 4. The maximum Gasteiger partial charge on any atom is 0.247 e. The van der Waals surface area contributed by atoms with Gasteiger partial charge in [-0.15, -0.1) is 10.2 Å². The standard InChI is InChI=1S/C12H11ClFN3O/c13-9-5-7(1-4-10(9)14)12-17-16-11(18-12)6-15-8-2-3-8/h1,4-5,8,15H,2-3,6H2. The number of nitrogens with one attached hydrogen (secondary N) is 1. The van der Waals surface area contributed by atoms with E-state index in [1.165, 1.54) is 25.0 Å². The first-order valence-electron chi connectivity index (χ1n) is 5.73. The Hall–Kier alpha value is -1.46. The molecule has 0 saturated heterocycles. The Bertz CT molecular complexity index is 568. The highest BCUT2D eigenvalue weighted by Crippen LogP contribution is 2.24. The number of nitrogens with zero attached hydrogens (tertiary/aromatic N) is 2. The molecule has 1 fully saturated rings. The topological polar surface area (TPSA) is 51.0 Å². The highest BCUT2D eigenvalue weighted by atomic mass is 35.5. The van der Waals surface area contributed by atoms with Crippen LogP contribution >= 0.6 is 11.6 Å². The van der Waals surface area contributed by atoms with Gasteiger partial charge in [0.15, 0.2) is 0 Å². The van der Waals surface area contributed by atoms with E-state index in [4.69, 9.17) is 16.0 Å². The molecule has 0 atom stereocenters. The van der Waals surface area contributed by atoms with Crippen molar-refractivity contribution in [2.24, 2.45) is 0 Å². The minimum atomic E-state index is -0.462. The van der Waals surface area contributed by atoms with Crippen LogP contribution in [0.5, 0.6) is 0 Å². The van der Waals surface area contributed by atoms with Gasteiger partial charge in [0.25, 0.3) is 0 Å². The predicted octanol–water partition coefficient (Wildman–Crippen LogP) is 2.78. The second-order valence-corrected chi connectivity index (χ2v) is 4.69. The van der Waals surface area contributed by atoms with Gasteiger partial charge in [-0.05, 0) is 31.0 Å². The van der Waals surface area contributed by atoms with Crippen LogP contribution in [0.2, 0.25) is 5.02 Å². The van der Waals surface area contributed by atoms with Gasteiger partial charge in [-0.25, -0.2) is 4.39 Å². The second-order valence-electron chi connectivity index (χ2n) is 4.29. The summed E-state index contributed by atoms with van der Waals surface area (Å²) in [6.07, 6.45) is 2.41. The molecule has 4 nitrogen and oxygen atoms in total. The van der Waals surface area contributed by atoms with E-state index in [9.17, 15) is 4.39 Å². The van der Waals surface area contributed by atoms with E-state index in [1.807, 2.05) is 0 Å². The van der Waals surface area contributed by atoms with Crippen molar-refractivity contribution < 1.29 is 8.81 Å². The maximum absolute atomic E-state index is 13.0. The van der Waals surface area contributed by atoms with Crippen molar-refractivity contribution in [3.63, 3.8) is 0 Å². The van der Waals surface area contributed by atoms with E-state index in [-0.39, 0.29) is 5.02 Å². The minimum Gasteiger partial charge on any atom is -0.419 e. The van der Waals surface area contributed by atoms with Gasteiger partial charge in [0.2, 0.25) is 11.8 Å². The van der Waals surface area contributed by atoms with Crippen LogP contribution in [-0.2, 0) is 6.54 Å². The van der Waals surface area contributed by atoms with E-state index in [0.717, 1.165) is 0 Å². The number of benzene rings is 1. The molecule has 1 aliphatic rings. The van der Waals surface area contributed by atoms with Gasteiger partial charge in [0.05, 0.1) is 11.6 Å². The van der Waals surface area contributed by atoms with Crippen molar-refractivity contribution in [2.45, 2.75) is 25.4 Å². The molecule has 18 heavy (non-hydrogen) atoms. The third kappa shape index (κ3) is 2.52. The highest BCUT2D eigenvalue weighted by Gasteiger charge is 2.21. The van der Waals surface area contributed by atoms with Crippen LogP contribution in [0, 0.1) is 5.82 Å². The lowest BCUT2D eigenvalue weighted by Gasteiger charge is -1.98. The average molecular weight is 268 g/mol. The first-order valence-corrected chi connectivity index (χ1v) is 6.11. The second kappa shape index (κ2) is 4.66. The summed E-state index contributed by atoms with van der Waals surface area (Å²) in [6, 6.07) is 4.90. The number of rotatable bonds is 4. The molecule has 1 aliphatic carbocycles. The van der Waals surface area contributed by atoms with Crippen molar-refractivity contribution in [3.05, 3.63) is 34.9 Å². The Labute approximate surface area is 108 Å². The average Bonchev–Trinajstić information content (AvgIpc) is 3.08. The van der Waals surface area contributed by atoms with Crippen molar-refractivity contribution in [1.82, 2.24) is 15.5 Å². The fourth-order valence-electron chi connectivity index (χ4n) is 1.59. The normalized spacial score (nSPS) is 15.0. The van der Waals surface area contributed by atoms with Crippen molar-refractivity contribution in [1.29, 1.82) is 0 Å². The molecule has 1 aromatic heterocycles. The summed E-state index contributed by atoms with van der Waals surface area (Å²) >= 11 is 5.70. The van der Waals surface area contributed by atoms with Crippen molar-refractivity contribution in [3.8, 4) is 11.5 Å². The Kier molecular flexibility index (Phi) is 3.01. The Balaban J connectivity index is 1.76. The molecular weight excluding hydrogens is 257 g/mol. The summed E-state index contributed by atoms with van der Waals surface area (Å²) in [4.78, 5) is 0. The zero-order chi connectivity index (χ0) is 12.5. The molecule has 1 heterocycles. The molecule has 0 radical (unpaired) electrons. The molecule has 6 heteroatoms. The third-order valence-electron chi connectivity index (χ3n) is 2.75. The largest absolute Gasteiger partial charge is 0.419 e. The van der Waals surface area contributed by atoms with E-state index >= 15 is 0 Å². The highest BCUT2D eigenvalue weighted by molar-refractivity contribution is 6.31. The lowest BCUT2D eigenvalue weighted by atomic mass is 10.2. The zero-order valence-corrected chi connectivity index (χ0v) is 10.2. The van der Waals surface area contributed by atoms with Crippen LogP contribution in [0.3, 0.4) is 0 Å². The summed E-state index contributed by atoms with van der Waals surface area (Å²) < 4.78 is 18.5. The fraction of sp³-hybridized carbons (Fsp3) is 0.333. The predicted molar refractivity (Wildman–Crippen MR) is 64.6 cm³/mol. The van der Waals surface area contributed by atoms with Crippen LogP contribution in [0.4, 0.5) is 4.39 Å². The minimum absolute atomic E-state index is 0.0448. The lowest BCUT2D eigenvalue weighted by Crippen LogP contribution is -2.15. The number of halogens is 2. The maximum atomic E-state index is 13.0. The quantitative estimate of drug-likeness (QED) is 0.925. The summed E-state index contributed by atoms with van der Waals surface area (Å²) in [6.45, 7) is 0.562. The van der Waals surface area contributed by atoms with E-state index < -0.39 is 5.82 Å². The first-order chi connectivity index (χ1) is 8.72. The molecule has 1 saturated carbocycles. The Morgan fingerprint density at radius 3 is 2.94 bits per heavy atom. The molecule has 94 valence electrons. The fourth-order valence-corrected chi connectivity index (χ4v) is 1.77. The van der Waals surface area contributed by atoms with Crippen LogP contribution in [0.1, 0.15) is 18.7 Å². The molecule has 1 aromatic carbocycles. The molecular formula is C12H11ClFN3O. The first kappa shape index (κ1) is 11.6. The van der Waals surface area contributed by atoms with Crippen LogP contribution in [0.25, 0.3) is 11.5 Å². The number of aromatic nitrogens is 2. The molecule has 0 aliphatic heterocycles.